The first kappa shape index (κ1) is 18.7. The lowest BCUT2D eigenvalue weighted by atomic mass is 10.0. The number of carbonyl (C=O) groups excluding carboxylic acids is 2. The van der Waals surface area contributed by atoms with Crippen LogP contribution in [0, 0.1) is 6.92 Å². The summed E-state index contributed by atoms with van der Waals surface area (Å²) >= 11 is 0. The first-order valence-electron chi connectivity index (χ1n) is 9.43. The van der Waals surface area contributed by atoms with Crippen molar-refractivity contribution < 1.29 is 14.0 Å². The number of hydrogen-bond acceptors (Lipinski definition) is 6. The molecular formula is C20H22N6O3. The van der Waals surface area contributed by atoms with Gasteiger partial charge >= 0.3 is 0 Å². The van der Waals surface area contributed by atoms with Gasteiger partial charge in [0.25, 0.3) is 11.8 Å². The number of aromatic amines is 1. The summed E-state index contributed by atoms with van der Waals surface area (Å²) in [6.45, 7) is 3.95. The minimum Gasteiger partial charge on any atom is -0.472 e. The van der Waals surface area contributed by atoms with E-state index in [1.54, 1.807) is 23.4 Å². The Kier molecular flexibility index (Phi) is 5.28. The predicted octanol–water partition coefficient (Wildman–Crippen LogP) is 1.75. The maximum atomic E-state index is 12.5. The van der Waals surface area contributed by atoms with Crippen molar-refractivity contribution in [3.8, 4) is 0 Å². The number of nitrogens with zero attached hydrogens (tertiary/aromatic N) is 3. The number of rotatable bonds is 6. The van der Waals surface area contributed by atoms with E-state index in [2.05, 4.69) is 25.8 Å². The second kappa shape index (κ2) is 8.17. The average Bonchev–Trinajstić information content (AvgIpc) is 3.41. The Morgan fingerprint density at radius 3 is 3.00 bits per heavy atom. The van der Waals surface area contributed by atoms with E-state index in [1.807, 2.05) is 13.0 Å². The Labute approximate surface area is 167 Å². The molecule has 3 N–H and O–H groups in total. The molecule has 1 aliphatic rings. The van der Waals surface area contributed by atoms with Gasteiger partial charge in [-0.15, -0.1) is 0 Å². The van der Waals surface area contributed by atoms with Gasteiger partial charge in [0.05, 0.1) is 24.1 Å². The van der Waals surface area contributed by atoms with Crippen molar-refractivity contribution in [2.24, 2.45) is 0 Å². The zero-order chi connectivity index (χ0) is 20.2. The van der Waals surface area contributed by atoms with Crippen molar-refractivity contribution in [3.05, 3.63) is 65.1 Å². The van der Waals surface area contributed by atoms with Crippen LogP contribution in [-0.2, 0) is 13.0 Å². The highest BCUT2D eigenvalue weighted by atomic mass is 16.3. The van der Waals surface area contributed by atoms with Gasteiger partial charge in [-0.1, -0.05) is 0 Å². The summed E-state index contributed by atoms with van der Waals surface area (Å²) < 4.78 is 4.98. The molecule has 0 saturated carbocycles. The third-order valence-corrected chi connectivity index (χ3v) is 4.95. The summed E-state index contributed by atoms with van der Waals surface area (Å²) in [5, 5.41) is 13.3. The Balaban J connectivity index is 1.32. The quantitative estimate of drug-likeness (QED) is 0.549. The molecule has 1 aliphatic heterocycles. The van der Waals surface area contributed by atoms with Gasteiger partial charge in [-0.05, 0) is 31.0 Å². The number of anilines is 1. The molecule has 0 fully saturated rings. The number of amides is 2. The minimum absolute atomic E-state index is 0.0949. The third-order valence-electron chi connectivity index (χ3n) is 4.95. The Morgan fingerprint density at radius 2 is 2.21 bits per heavy atom. The highest BCUT2D eigenvalue weighted by molar-refractivity contribution is 5.95. The van der Waals surface area contributed by atoms with Gasteiger partial charge in [-0.3, -0.25) is 19.7 Å². The van der Waals surface area contributed by atoms with Crippen LogP contribution in [0.3, 0.4) is 0 Å². The summed E-state index contributed by atoms with van der Waals surface area (Å²) in [6, 6.07) is 3.54. The Bertz CT molecular complexity index is 1010. The largest absolute Gasteiger partial charge is 0.472 e. The summed E-state index contributed by atoms with van der Waals surface area (Å²) in [4.78, 5) is 30.8. The van der Waals surface area contributed by atoms with Crippen LogP contribution in [0.15, 0.2) is 41.5 Å². The summed E-state index contributed by atoms with van der Waals surface area (Å²) in [6.07, 6.45) is 7.01. The van der Waals surface area contributed by atoms with Crippen molar-refractivity contribution in [2.45, 2.75) is 19.9 Å². The molecule has 0 atom stereocenters. The number of aryl methyl sites for hydroxylation is 1. The molecule has 2 amide bonds. The summed E-state index contributed by atoms with van der Waals surface area (Å²) in [7, 11) is 0. The average molecular weight is 394 g/mol. The number of furan rings is 1. The molecule has 0 radical (unpaired) electrons. The van der Waals surface area contributed by atoms with E-state index in [1.165, 1.54) is 12.5 Å². The molecule has 0 bridgehead atoms. The van der Waals surface area contributed by atoms with E-state index in [4.69, 9.17) is 4.42 Å². The van der Waals surface area contributed by atoms with Crippen LogP contribution in [0.2, 0.25) is 0 Å². The van der Waals surface area contributed by atoms with E-state index >= 15 is 0 Å². The predicted molar refractivity (Wildman–Crippen MR) is 106 cm³/mol. The van der Waals surface area contributed by atoms with E-state index in [9.17, 15) is 9.59 Å². The Hall–Kier alpha value is -3.62. The second-order valence-corrected chi connectivity index (χ2v) is 6.89. The van der Waals surface area contributed by atoms with Crippen molar-refractivity contribution in [3.63, 3.8) is 0 Å². The number of pyridine rings is 1. The van der Waals surface area contributed by atoms with Gasteiger partial charge in [-0.2, -0.15) is 5.10 Å². The van der Waals surface area contributed by atoms with Gasteiger partial charge < -0.3 is 20.0 Å². The normalized spacial score (nSPS) is 13.1. The molecule has 0 unspecified atom stereocenters. The standard InChI is InChI=1S/C20H22N6O3/c1-13-10-21-5-2-16(13)22-6-7-23-19(27)18-15-3-8-26(11-17(15)24-25-18)20(28)14-4-9-29-12-14/h2,4-5,9-10,12H,3,6-8,11H2,1H3,(H,21,22)(H,23,27)(H,24,25). The van der Waals surface area contributed by atoms with Crippen LogP contribution in [-0.4, -0.2) is 51.5 Å². The minimum atomic E-state index is -0.217. The molecule has 29 heavy (non-hydrogen) atoms. The number of carbonyl (C=O) groups is 2. The fourth-order valence-electron chi connectivity index (χ4n) is 3.38. The molecule has 3 aromatic rings. The van der Waals surface area contributed by atoms with Crippen molar-refractivity contribution >= 4 is 17.5 Å². The van der Waals surface area contributed by atoms with E-state index < -0.39 is 0 Å². The molecule has 0 saturated heterocycles. The SMILES string of the molecule is Cc1cnccc1NCCNC(=O)c1n[nH]c2c1CCN(C(=O)c1ccoc1)C2. The molecule has 4 rings (SSSR count). The van der Waals surface area contributed by atoms with Crippen molar-refractivity contribution in [1.82, 2.24) is 25.4 Å². The van der Waals surface area contributed by atoms with E-state index in [0.717, 1.165) is 22.5 Å². The highest BCUT2D eigenvalue weighted by Crippen LogP contribution is 2.22. The number of fused-ring (bicyclic) bond motifs is 1. The lowest BCUT2D eigenvalue weighted by molar-refractivity contribution is 0.0731. The molecule has 0 spiro atoms. The number of H-pyrrole nitrogens is 1. The maximum absolute atomic E-state index is 12.5. The monoisotopic (exact) mass is 394 g/mol. The highest BCUT2D eigenvalue weighted by Gasteiger charge is 2.28. The number of nitrogens with one attached hydrogen (secondary N) is 3. The molecule has 4 heterocycles. The van der Waals surface area contributed by atoms with E-state index in [0.29, 0.717) is 43.9 Å². The van der Waals surface area contributed by atoms with Gasteiger partial charge in [0.2, 0.25) is 0 Å². The third kappa shape index (κ3) is 3.98. The zero-order valence-corrected chi connectivity index (χ0v) is 16.1. The van der Waals surface area contributed by atoms with Gasteiger partial charge in [0, 0.05) is 43.3 Å². The van der Waals surface area contributed by atoms with Gasteiger partial charge in [-0.25, -0.2) is 0 Å². The van der Waals surface area contributed by atoms with Crippen LogP contribution in [0.25, 0.3) is 0 Å². The molecule has 3 aromatic heterocycles. The molecular weight excluding hydrogens is 372 g/mol. The number of aromatic nitrogens is 3. The van der Waals surface area contributed by atoms with Crippen LogP contribution < -0.4 is 10.6 Å². The molecule has 0 aromatic carbocycles. The number of hydrogen-bond donors (Lipinski definition) is 3. The topological polar surface area (TPSA) is 116 Å². The molecule has 9 heteroatoms. The lowest BCUT2D eigenvalue weighted by Gasteiger charge is -2.26. The summed E-state index contributed by atoms with van der Waals surface area (Å²) in [5.41, 5.74) is 4.63. The van der Waals surface area contributed by atoms with Crippen LogP contribution in [0.1, 0.15) is 37.7 Å². The fraction of sp³-hybridized carbons (Fsp3) is 0.300. The lowest BCUT2D eigenvalue weighted by Crippen LogP contribution is -2.36. The van der Waals surface area contributed by atoms with Gasteiger partial charge in [0.1, 0.15) is 6.26 Å². The van der Waals surface area contributed by atoms with Crippen LogP contribution in [0.4, 0.5) is 5.69 Å². The Morgan fingerprint density at radius 1 is 1.31 bits per heavy atom. The molecule has 9 nitrogen and oxygen atoms in total. The first-order valence-corrected chi connectivity index (χ1v) is 9.43. The van der Waals surface area contributed by atoms with Gasteiger partial charge in [0.15, 0.2) is 5.69 Å². The smallest absolute Gasteiger partial charge is 0.272 e. The molecule has 150 valence electrons. The van der Waals surface area contributed by atoms with Crippen molar-refractivity contribution in [1.29, 1.82) is 0 Å². The van der Waals surface area contributed by atoms with Crippen LogP contribution >= 0.6 is 0 Å². The molecule has 0 aliphatic carbocycles. The second-order valence-electron chi connectivity index (χ2n) is 6.89. The fourth-order valence-corrected chi connectivity index (χ4v) is 3.38. The van der Waals surface area contributed by atoms with Crippen LogP contribution in [0.5, 0.6) is 0 Å². The zero-order valence-electron chi connectivity index (χ0n) is 16.1. The summed E-state index contributed by atoms with van der Waals surface area (Å²) in [5.74, 6) is -0.312. The van der Waals surface area contributed by atoms with E-state index in [-0.39, 0.29) is 11.8 Å². The maximum Gasteiger partial charge on any atom is 0.272 e. The first-order chi connectivity index (χ1) is 14.1. The van der Waals surface area contributed by atoms with Crippen molar-refractivity contribution in [2.75, 3.05) is 25.0 Å².